The normalized spacial score (nSPS) is 15.0. The first-order valence-corrected chi connectivity index (χ1v) is 11.7. The van der Waals surface area contributed by atoms with Crippen molar-refractivity contribution in [3.05, 3.63) is 96.1 Å². The Morgan fingerprint density at radius 1 is 0.735 bits per heavy atom. The van der Waals surface area contributed by atoms with Crippen LogP contribution in [0.2, 0.25) is 0 Å². The first kappa shape index (κ1) is 28.0. The lowest BCUT2D eigenvalue weighted by molar-refractivity contribution is -0.001000. The smallest absolute Gasteiger partial charge is 1.00 e. The molecule has 1 aliphatic rings. The molecule has 0 aliphatic carbocycles. The van der Waals surface area contributed by atoms with E-state index in [0.717, 1.165) is 57.2 Å². The third-order valence-corrected chi connectivity index (χ3v) is 6.01. The van der Waals surface area contributed by atoms with Crippen molar-refractivity contribution in [3.63, 3.8) is 0 Å². The van der Waals surface area contributed by atoms with E-state index in [0.29, 0.717) is 6.61 Å². The summed E-state index contributed by atoms with van der Waals surface area (Å²) < 4.78 is 12.3. The number of halogens is 2. The number of hydrogen-bond donors (Lipinski definition) is 0. The molecule has 34 heavy (non-hydrogen) atoms. The van der Waals surface area contributed by atoms with Gasteiger partial charge in [-0.1, -0.05) is 72.8 Å². The number of piperazine rings is 1. The van der Waals surface area contributed by atoms with Gasteiger partial charge in [-0.25, -0.2) is 0 Å². The molecule has 0 radical (unpaired) electrons. The van der Waals surface area contributed by atoms with Gasteiger partial charge in [-0.15, -0.1) is 0 Å². The molecule has 1 unspecified atom stereocenters. The first-order valence-electron chi connectivity index (χ1n) is 11.7. The van der Waals surface area contributed by atoms with Crippen molar-refractivity contribution in [2.45, 2.75) is 26.0 Å². The molecule has 0 amide bonds. The van der Waals surface area contributed by atoms with Crippen molar-refractivity contribution in [2.24, 2.45) is 0 Å². The van der Waals surface area contributed by atoms with Gasteiger partial charge in [-0.05, 0) is 30.2 Å². The molecule has 6 heteroatoms. The zero-order valence-corrected chi connectivity index (χ0v) is 21.3. The fourth-order valence-electron chi connectivity index (χ4n) is 4.25. The van der Waals surface area contributed by atoms with Crippen LogP contribution in [0.3, 0.4) is 0 Å². The number of nitrogens with zero attached hydrogens (tertiary/aromatic N) is 2. The van der Waals surface area contributed by atoms with E-state index in [1.54, 1.807) is 0 Å². The number of benzene rings is 3. The van der Waals surface area contributed by atoms with Crippen LogP contribution in [-0.2, 0) is 6.54 Å². The minimum Gasteiger partial charge on any atom is -1.00 e. The van der Waals surface area contributed by atoms with Gasteiger partial charge in [0.05, 0.1) is 6.61 Å². The van der Waals surface area contributed by atoms with Crippen molar-refractivity contribution >= 4 is 0 Å². The number of rotatable bonds is 10. The van der Waals surface area contributed by atoms with Gasteiger partial charge in [-0.3, -0.25) is 4.90 Å². The second kappa shape index (κ2) is 14.9. The molecule has 3 aromatic rings. The summed E-state index contributed by atoms with van der Waals surface area (Å²) in [6, 6.07) is 29.3. The first-order chi connectivity index (χ1) is 15.8. The van der Waals surface area contributed by atoms with Gasteiger partial charge in [-0.2, -0.15) is 0 Å². The Morgan fingerprint density at radius 3 is 1.94 bits per heavy atom. The SMILES string of the molecule is CCOc1ccccc1OC(CCN1CCN(Cc2ccccc2)CC1)c1ccccc1.[Cl-].[Cl-].[H+].[H+]. The average Bonchev–Trinajstić information content (AvgIpc) is 2.85. The minimum absolute atomic E-state index is 0. The fraction of sp³-hybridized carbons (Fsp3) is 0.357. The highest BCUT2D eigenvalue weighted by atomic mass is 35.5. The second-order valence-corrected chi connectivity index (χ2v) is 8.29. The van der Waals surface area contributed by atoms with E-state index in [1.165, 1.54) is 11.1 Å². The maximum absolute atomic E-state index is 6.51. The number of para-hydroxylation sites is 2. The van der Waals surface area contributed by atoms with Crippen LogP contribution in [0.25, 0.3) is 0 Å². The van der Waals surface area contributed by atoms with Gasteiger partial charge >= 0.3 is 2.85 Å². The maximum Gasteiger partial charge on any atom is 1.00 e. The molecule has 1 aliphatic heterocycles. The van der Waals surface area contributed by atoms with Crippen molar-refractivity contribution < 1.29 is 37.1 Å². The van der Waals surface area contributed by atoms with E-state index in [4.69, 9.17) is 9.47 Å². The molecular weight excluding hydrogens is 467 g/mol. The Hall–Kier alpha value is -2.24. The summed E-state index contributed by atoms with van der Waals surface area (Å²) in [4.78, 5) is 5.12. The Bertz CT molecular complexity index is 947. The molecule has 3 aromatic carbocycles. The third kappa shape index (κ3) is 8.21. The van der Waals surface area contributed by atoms with Crippen LogP contribution in [0.15, 0.2) is 84.9 Å². The van der Waals surface area contributed by atoms with Gasteiger partial charge in [0.2, 0.25) is 0 Å². The molecule has 4 rings (SSSR count). The number of hydrogen-bond acceptors (Lipinski definition) is 4. The predicted octanol–water partition coefficient (Wildman–Crippen LogP) is -0.354. The summed E-state index contributed by atoms with van der Waals surface area (Å²) in [6.45, 7) is 9.12. The van der Waals surface area contributed by atoms with Gasteiger partial charge < -0.3 is 39.2 Å². The summed E-state index contributed by atoms with van der Waals surface area (Å²) in [5, 5.41) is 0. The highest BCUT2D eigenvalue weighted by molar-refractivity contribution is 5.40. The van der Waals surface area contributed by atoms with Crippen LogP contribution in [0.5, 0.6) is 11.5 Å². The molecule has 0 N–H and O–H groups in total. The van der Waals surface area contributed by atoms with Gasteiger partial charge in [0, 0.05) is 45.7 Å². The molecule has 0 saturated carbocycles. The van der Waals surface area contributed by atoms with E-state index >= 15 is 0 Å². The largest absolute Gasteiger partial charge is 1.00 e. The summed E-state index contributed by atoms with van der Waals surface area (Å²) in [5.74, 6) is 1.63. The highest BCUT2D eigenvalue weighted by Crippen LogP contribution is 2.32. The monoisotopic (exact) mass is 502 g/mol. The van der Waals surface area contributed by atoms with Gasteiger partial charge in [0.25, 0.3) is 0 Å². The van der Waals surface area contributed by atoms with Crippen molar-refractivity contribution in [1.29, 1.82) is 0 Å². The van der Waals surface area contributed by atoms with E-state index in [1.807, 2.05) is 31.2 Å². The summed E-state index contributed by atoms with van der Waals surface area (Å²) >= 11 is 0. The average molecular weight is 504 g/mol. The molecule has 1 fully saturated rings. The van der Waals surface area contributed by atoms with Gasteiger partial charge in [0.15, 0.2) is 11.5 Å². The molecule has 4 nitrogen and oxygen atoms in total. The topological polar surface area (TPSA) is 24.9 Å². The Kier molecular flexibility index (Phi) is 12.3. The van der Waals surface area contributed by atoms with E-state index in [9.17, 15) is 0 Å². The summed E-state index contributed by atoms with van der Waals surface area (Å²) in [5.41, 5.74) is 2.60. The van der Waals surface area contributed by atoms with Crippen molar-refractivity contribution in [2.75, 3.05) is 39.3 Å². The van der Waals surface area contributed by atoms with Crippen LogP contribution < -0.4 is 34.3 Å². The lowest BCUT2D eigenvalue weighted by atomic mass is 10.1. The lowest BCUT2D eigenvalue weighted by Crippen LogP contribution is -3.00. The van der Waals surface area contributed by atoms with Crippen molar-refractivity contribution in [3.8, 4) is 11.5 Å². The van der Waals surface area contributed by atoms with Gasteiger partial charge in [0.1, 0.15) is 6.10 Å². The van der Waals surface area contributed by atoms with E-state index in [-0.39, 0.29) is 33.8 Å². The standard InChI is InChI=1S/C28H34N2O2.2ClH/c1-2-31-27-15-9-10-16-28(27)32-26(25-13-7-4-8-14-25)17-18-29-19-21-30(22-20-29)23-24-11-5-3-6-12-24;;/h3-16,26H,2,17-23H2,1H3;2*1H. The maximum atomic E-state index is 6.51. The molecular formula is C28H36Cl2N2O2. The third-order valence-electron chi connectivity index (χ3n) is 6.01. The highest BCUT2D eigenvalue weighted by Gasteiger charge is 2.21. The number of ether oxygens (including phenoxy) is 2. The molecule has 0 spiro atoms. The van der Waals surface area contributed by atoms with Crippen molar-refractivity contribution in [1.82, 2.24) is 9.80 Å². The molecule has 1 saturated heterocycles. The summed E-state index contributed by atoms with van der Waals surface area (Å²) in [7, 11) is 0. The van der Waals surface area contributed by atoms with Crippen LogP contribution in [-0.4, -0.2) is 49.1 Å². The predicted molar refractivity (Wildman–Crippen MR) is 132 cm³/mol. The second-order valence-electron chi connectivity index (χ2n) is 8.29. The van der Waals surface area contributed by atoms with Crippen LogP contribution in [0.4, 0.5) is 0 Å². The summed E-state index contributed by atoms with van der Waals surface area (Å²) in [6.07, 6.45) is 0.948. The molecule has 0 aromatic heterocycles. The van der Waals surface area contributed by atoms with Crippen LogP contribution >= 0.6 is 0 Å². The zero-order chi connectivity index (χ0) is 22.0. The molecule has 1 atom stereocenters. The van der Waals surface area contributed by atoms with Crippen LogP contribution in [0, 0.1) is 0 Å². The quantitative estimate of drug-likeness (QED) is 0.378. The molecule has 184 valence electrons. The zero-order valence-electron chi connectivity index (χ0n) is 21.8. The molecule has 0 bridgehead atoms. The minimum atomic E-state index is 0. The Morgan fingerprint density at radius 2 is 1.29 bits per heavy atom. The van der Waals surface area contributed by atoms with E-state index in [2.05, 4.69) is 70.5 Å². The molecule has 1 heterocycles. The lowest BCUT2D eigenvalue weighted by Gasteiger charge is -2.35. The fourth-order valence-corrected chi connectivity index (χ4v) is 4.25. The van der Waals surface area contributed by atoms with E-state index < -0.39 is 0 Å². The Balaban J connectivity index is 0.00000306. The Labute approximate surface area is 219 Å². The van der Waals surface area contributed by atoms with Crippen LogP contribution in [0.1, 0.15) is 33.4 Å².